The molecular weight excluding hydrogens is 256 g/mol. The first-order chi connectivity index (χ1) is 9.63. The summed E-state index contributed by atoms with van der Waals surface area (Å²) >= 11 is 0. The minimum Gasteiger partial charge on any atom is -0.481 e. The molecule has 5 nitrogen and oxygen atoms in total. The third-order valence-corrected chi connectivity index (χ3v) is 3.29. The second kappa shape index (κ2) is 6.11. The van der Waals surface area contributed by atoms with Crippen LogP contribution < -0.4 is 10.2 Å². The van der Waals surface area contributed by atoms with Gasteiger partial charge in [-0.15, -0.1) is 12.3 Å². The highest BCUT2D eigenvalue weighted by Crippen LogP contribution is 2.29. The summed E-state index contributed by atoms with van der Waals surface area (Å²) in [5.74, 6) is 0.976. The second-order valence-corrected chi connectivity index (χ2v) is 4.66. The number of carbonyl (C=O) groups is 2. The molecule has 1 aromatic carbocycles. The summed E-state index contributed by atoms with van der Waals surface area (Å²) in [6, 6.07) is 7.05. The van der Waals surface area contributed by atoms with Crippen LogP contribution in [0.5, 0.6) is 0 Å². The molecule has 1 aromatic rings. The monoisotopic (exact) mass is 272 g/mol. The number of rotatable bonds is 3. The summed E-state index contributed by atoms with van der Waals surface area (Å²) in [6.45, 7) is 0.556. The molecule has 104 valence electrons. The number of amides is 2. The maximum absolute atomic E-state index is 12.2. The maximum Gasteiger partial charge on any atom is 0.321 e. The Morgan fingerprint density at radius 2 is 2.20 bits per heavy atom. The van der Waals surface area contributed by atoms with Crippen molar-refractivity contribution in [1.82, 2.24) is 5.32 Å². The molecule has 0 aromatic heterocycles. The van der Waals surface area contributed by atoms with Crippen molar-refractivity contribution in [2.24, 2.45) is 5.92 Å². The van der Waals surface area contributed by atoms with E-state index in [-0.39, 0.29) is 12.6 Å². The van der Waals surface area contributed by atoms with E-state index in [0.717, 1.165) is 11.3 Å². The van der Waals surface area contributed by atoms with Crippen molar-refractivity contribution in [2.45, 2.75) is 12.8 Å². The van der Waals surface area contributed by atoms with Crippen molar-refractivity contribution in [1.29, 1.82) is 0 Å². The van der Waals surface area contributed by atoms with Crippen LogP contribution in [0.15, 0.2) is 24.3 Å². The number of nitrogens with zero attached hydrogens (tertiary/aromatic N) is 1. The minimum absolute atomic E-state index is 0.175. The summed E-state index contributed by atoms with van der Waals surface area (Å²) < 4.78 is 0. The van der Waals surface area contributed by atoms with Crippen molar-refractivity contribution in [3.63, 3.8) is 0 Å². The van der Waals surface area contributed by atoms with E-state index in [4.69, 9.17) is 6.42 Å². The minimum atomic E-state index is -0.888. The van der Waals surface area contributed by atoms with Gasteiger partial charge in [-0.3, -0.25) is 9.69 Å². The smallest absolute Gasteiger partial charge is 0.321 e. The van der Waals surface area contributed by atoms with Gasteiger partial charge in [0.1, 0.15) is 0 Å². The molecule has 0 fully saturated rings. The Hall–Kier alpha value is -2.48. The van der Waals surface area contributed by atoms with E-state index in [1.165, 1.54) is 4.90 Å². The summed E-state index contributed by atoms with van der Waals surface area (Å²) in [7, 11) is 0. The largest absolute Gasteiger partial charge is 0.481 e. The fourth-order valence-corrected chi connectivity index (χ4v) is 2.29. The molecule has 0 saturated carbocycles. The molecule has 20 heavy (non-hydrogen) atoms. The second-order valence-electron chi connectivity index (χ2n) is 4.66. The molecular formula is C15H16N2O3. The van der Waals surface area contributed by atoms with Gasteiger partial charge in [0, 0.05) is 25.2 Å². The van der Waals surface area contributed by atoms with Crippen LogP contribution in [0.4, 0.5) is 10.5 Å². The fourth-order valence-electron chi connectivity index (χ4n) is 2.29. The average molecular weight is 272 g/mol. The van der Waals surface area contributed by atoms with Crippen molar-refractivity contribution in [2.75, 3.05) is 18.0 Å². The van der Waals surface area contributed by atoms with Gasteiger partial charge in [0.2, 0.25) is 0 Å². The number of carboxylic acids is 1. The molecule has 2 amide bonds. The molecule has 0 bridgehead atoms. The Labute approximate surface area is 117 Å². The van der Waals surface area contributed by atoms with E-state index in [9.17, 15) is 14.7 Å². The molecule has 0 radical (unpaired) electrons. The van der Waals surface area contributed by atoms with Crippen LogP contribution in [0, 0.1) is 18.3 Å². The number of anilines is 1. The van der Waals surface area contributed by atoms with Crippen molar-refractivity contribution >= 4 is 17.7 Å². The van der Waals surface area contributed by atoms with E-state index in [2.05, 4.69) is 11.2 Å². The van der Waals surface area contributed by atoms with Gasteiger partial charge in [-0.2, -0.15) is 0 Å². The zero-order chi connectivity index (χ0) is 14.5. The van der Waals surface area contributed by atoms with Crippen molar-refractivity contribution < 1.29 is 14.7 Å². The van der Waals surface area contributed by atoms with Crippen LogP contribution >= 0.6 is 0 Å². The topological polar surface area (TPSA) is 69.6 Å². The quantitative estimate of drug-likeness (QED) is 0.647. The lowest BCUT2D eigenvalue weighted by Crippen LogP contribution is -2.47. The number of fused-ring (bicyclic) bond motifs is 1. The van der Waals surface area contributed by atoms with Gasteiger partial charge in [-0.05, 0) is 18.1 Å². The highest BCUT2D eigenvalue weighted by atomic mass is 16.4. The molecule has 1 atom stereocenters. The van der Waals surface area contributed by atoms with Gasteiger partial charge in [0.05, 0.1) is 5.92 Å². The van der Waals surface area contributed by atoms with Gasteiger partial charge in [0.15, 0.2) is 0 Å². The number of aliphatic carboxylic acids is 1. The molecule has 5 heteroatoms. The van der Waals surface area contributed by atoms with Crippen LogP contribution in [0.25, 0.3) is 0 Å². The Morgan fingerprint density at radius 1 is 1.45 bits per heavy atom. The summed E-state index contributed by atoms with van der Waals surface area (Å²) in [4.78, 5) is 24.8. The van der Waals surface area contributed by atoms with Crippen LogP contribution in [-0.4, -0.2) is 30.2 Å². The Kier molecular flexibility index (Phi) is 4.26. The number of hydrogen-bond acceptors (Lipinski definition) is 2. The van der Waals surface area contributed by atoms with Gasteiger partial charge in [0.25, 0.3) is 0 Å². The van der Waals surface area contributed by atoms with Crippen LogP contribution in [0.1, 0.15) is 12.0 Å². The zero-order valence-corrected chi connectivity index (χ0v) is 11.0. The van der Waals surface area contributed by atoms with Gasteiger partial charge in [-0.25, -0.2) is 4.79 Å². The lowest BCUT2D eigenvalue weighted by molar-refractivity contribution is -0.141. The normalized spacial score (nSPS) is 16.9. The third-order valence-electron chi connectivity index (χ3n) is 3.29. The van der Waals surface area contributed by atoms with E-state index in [1.54, 1.807) is 0 Å². The van der Waals surface area contributed by atoms with Gasteiger partial charge < -0.3 is 10.4 Å². The van der Waals surface area contributed by atoms with Crippen molar-refractivity contribution in [3.05, 3.63) is 29.8 Å². The van der Waals surface area contributed by atoms with Gasteiger partial charge >= 0.3 is 12.0 Å². The highest BCUT2D eigenvalue weighted by Gasteiger charge is 2.31. The number of para-hydroxylation sites is 1. The average Bonchev–Trinajstić information content (AvgIpc) is 2.46. The molecule has 1 aliphatic rings. The summed E-state index contributed by atoms with van der Waals surface area (Å²) in [5, 5.41) is 11.9. The summed E-state index contributed by atoms with van der Waals surface area (Å²) in [6.07, 6.45) is 6.03. The van der Waals surface area contributed by atoms with Crippen LogP contribution in [0.2, 0.25) is 0 Å². The number of urea groups is 1. The fraction of sp³-hybridized carbons (Fsp3) is 0.333. The molecule has 1 heterocycles. The molecule has 0 aliphatic carbocycles. The van der Waals surface area contributed by atoms with Crippen LogP contribution in [0.3, 0.4) is 0 Å². The predicted octanol–water partition coefficient (Wildman–Crippen LogP) is 1.48. The number of benzene rings is 1. The molecule has 2 N–H and O–H groups in total. The molecule has 0 spiro atoms. The zero-order valence-electron chi connectivity index (χ0n) is 11.0. The molecule has 1 aliphatic heterocycles. The predicted molar refractivity (Wildman–Crippen MR) is 75.5 cm³/mol. The molecule has 1 unspecified atom stereocenters. The molecule has 2 rings (SSSR count). The van der Waals surface area contributed by atoms with Crippen molar-refractivity contribution in [3.8, 4) is 12.3 Å². The Bertz CT molecular complexity index is 562. The van der Waals surface area contributed by atoms with E-state index >= 15 is 0 Å². The first-order valence-electron chi connectivity index (χ1n) is 6.43. The number of hydrogen-bond donors (Lipinski definition) is 2. The van der Waals surface area contributed by atoms with E-state index < -0.39 is 11.9 Å². The van der Waals surface area contributed by atoms with Gasteiger partial charge in [-0.1, -0.05) is 18.2 Å². The number of carbonyl (C=O) groups excluding carboxylic acids is 1. The Balaban J connectivity index is 2.20. The third kappa shape index (κ3) is 2.91. The van der Waals surface area contributed by atoms with Crippen LogP contribution in [-0.2, 0) is 11.2 Å². The standard InChI is InChI=1S/C15H16N2O3/c1-2-3-8-16-15(20)17-10-12(14(18)19)9-11-6-4-5-7-13(11)17/h1,4-7,12H,3,8-10H2,(H,16,20)(H,18,19). The molecule has 0 saturated heterocycles. The SMILES string of the molecule is C#CCCNC(=O)N1CC(C(=O)O)Cc2ccccc21. The number of nitrogens with one attached hydrogen (secondary N) is 1. The summed E-state index contributed by atoms with van der Waals surface area (Å²) in [5.41, 5.74) is 1.64. The maximum atomic E-state index is 12.2. The first kappa shape index (κ1) is 13.9. The Morgan fingerprint density at radius 3 is 2.90 bits per heavy atom. The lowest BCUT2D eigenvalue weighted by Gasteiger charge is -2.32. The lowest BCUT2D eigenvalue weighted by atomic mass is 9.93. The number of terminal acetylenes is 1. The highest BCUT2D eigenvalue weighted by molar-refractivity contribution is 5.94. The van der Waals surface area contributed by atoms with E-state index in [0.29, 0.717) is 19.4 Å². The first-order valence-corrected chi connectivity index (χ1v) is 6.43. The van der Waals surface area contributed by atoms with E-state index in [1.807, 2.05) is 24.3 Å². The number of carboxylic acid groups (broad SMARTS) is 1.